The van der Waals surface area contributed by atoms with E-state index < -0.39 is 13.5 Å². The fourth-order valence-corrected chi connectivity index (χ4v) is 2.26. The van der Waals surface area contributed by atoms with Crippen molar-refractivity contribution in [2.45, 2.75) is 13.8 Å². The van der Waals surface area contributed by atoms with Gasteiger partial charge in [0.1, 0.15) is 7.85 Å². The van der Waals surface area contributed by atoms with Crippen molar-refractivity contribution < 1.29 is 18.5 Å². The minimum absolute atomic E-state index is 0.0816. The summed E-state index contributed by atoms with van der Waals surface area (Å²) in [4.78, 5) is 10.4. The second-order valence-corrected chi connectivity index (χ2v) is 4.48. The van der Waals surface area contributed by atoms with Crippen molar-refractivity contribution in [1.82, 2.24) is 0 Å². The topological polar surface area (TPSA) is 70.8 Å². The predicted molar refractivity (Wildman–Crippen MR) is 72.1 cm³/mol. The molecule has 0 unspecified atom stereocenters. The molecule has 0 heterocycles. The first-order valence-electron chi connectivity index (χ1n) is 5.58. The molecule has 1 aromatic rings. The molecule has 0 aromatic heterocycles. The van der Waals surface area contributed by atoms with Gasteiger partial charge in [0.15, 0.2) is 5.75 Å². The SMILES string of the molecule is Bc1cccc([N+](=O)[O-])c1OP(OCC)OCC. The van der Waals surface area contributed by atoms with E-state index >= 15 is 0 Å². The van der Waals surface area contributed by atoms with Crippen LogP contribution in [0.15, 0.2) is 18.2 Å². The normalized spacial score (nSPS) is 10.6. The van der Waals surface area contributed by atoms with Crippen molar-refractivity contribution in [3.63, 3.8) is 0 Å². The Balaban J connectivity index is 2.96. The van der Waals surface area contributed by atoms with E-state index in [-0.39, 0.29) is 11.4 Å². The first kappa shape index (κ1) is 14.9. The monoisotopic (exact) mass is 271 g/mol. The molecule has 0 saturated carbocycles. The summed E-state index contributed by atoms with van der Waals surface area (Å²) in [6.07, 6.45) is 0. The lowest BCUT2D eigenvalue weighted by Crippen LogP contribution is -2.10. The fraction of sp³-hybridized carbons (Fsp3) is 0.400. The van der Waals surface area contributed by atoms with Crippen molar-refractivity contribution in [2.24, 2.45) is 0 Å². The van der Waals surface area contributed by atoms with E-state index in [0.29, 0.717) is 18.7 Å². The van der Waals surface area contributed by atoms with E-state index in [9.17, 15) is 10.1 Å². The third-order valence-corrected chi connectivity index (χ3v) is 3.29. The Morgan fingerprint density at radius 2 is 1.94 bits per heavy atom. The van der Waals surface area contributed by atoms with Gasteiger partial charge in [0, 0.05) is 6.07 Å². The number of rotatable bonds is 7. The van der Waals surface area contributed by atoms with Crippen LogP contribution in [0.5, 0.6) is 5.75 Å². The summed E-state index contributed by atoms with van der Waals surface area (Å²) in [6, 6.07) is 4.76. The molecule has 0 fully saturated rings. The van der Waals surface area contributed by atoms with Crippen molar-refractivity contribution >= 4 is 27.6 Å². The Hall–Kier alpha value is -1.17. The van der Waals surface area contributed by atoms with Gasteiger partial charge in [0.25, 0.3) is 0 Å². The Morgan fingerprint density at radius 3 is 2.44 bits per heavy atom. The van der Waals surface area contributed by atoms with Crippen LogP contribution in [0.4, 0.5) is 5.69 Å². The molecule has 98 valence electrons. The predicted octanol–water partition coefficient (Wildman–Crippen LogP) is 1.53. The molecule has 8 heteroatoms. The highest BCUT2D eigenvalue weighted by molar-refractivity contribution is 7.42. The summed E-state index contributed by atoms with van der Waals surface area (Å²) >= 11 is 0. The Labute approximate surface area is 108 Å². The van der Waals surface area contributed by atoms with Gasteiger partial charge in [-0.25, -0.2) is 0 Å². The Morgan fingerprint density at radius 1 is 1.33 bits per heavy atom. The zero-order valence-corrected chi connectivity index (χ0v) is 11.5. The summed E-state index contributed by atoms with van der Waals surface area (Å²) < 4.78 is 16.0. The molecule has 0 bridgehead atoms. The van der Waals surface area contributed by atoms with Crippen LogP contribution in [0.1, 0.15) is 13.8 Å². The smallest absolute Gasteiger partial charge is 0.397 e. The molecule has 0 radical (unpaired) electrons. The van der Waals surface area contributed by atoms with Crippen LogP contribution in [0.25, 0.3) is 0 Å². The molecular weight excluding hydrogens is 256 g/mol. The summed E-state index contributed by atoms with van der Waals surface area (Å²) in [5.74, 6) is 0.204. The van der Waals surface area contributed by atoms with Gasteiger partial charge in [0.05, 0.1) is 18.1 Å². The minimum atomic E-state index is -1.60. The van der Waals surface area contributed by atoms with Gasteiger partial charge >= 0.3 is 14.3 Å². The molecule has 0 aliphatic heterocycles. The van der Waals surface area contributed by atoms with Gasteiger partial charge in [-0.1, -0.05) is 12.1 Å². The van der Waals surface area contributed by atoms with Gasteiger partial charge in [-0.2, -0.15) is 0 Å². The van der Waals surface area contributed by atoms with Crippen molar-refractivity contribution in [1.29, 1.82) is 0 Å². The van der Waals surface area contributed by atoms with Crippen LogP contribution in [0.2, 0.25) is 0 Å². The molecule has 0 aliphatic carbocycles. The van der Waals surface area contributed by atoms with E-state index in [1.54, 1.807) is 20.0 Å². The van der Waals surface area contributed by atoms with Crippen molar-refractivity contribution in [3.8, 4) is 5.75 Å². The van der Waals surface area contributed by atoms with Crippen molar-refractivity contribution in [2.75, 3.05) is 13.2 Å². The maximum Gasteiger partial charge on any atom is 0.397 e. The maximum absolute atomic E-state index is 10.9. The molecule has 0 amide bonds. The molecule has 0 spiro atoms. The van der Waals surface area contributed by atoms with Gasteiger partial charge in [-0.3, -0.25) is 10.1 Å². The van der Waals surface area contributed by atoms with E-state index in [2.05, 4.69) is 0 Å². The number of hydrogen-bond acceptors (Lipinski definition) is 5. The number of hydrogen-bond donors (Lipinski definition) is 0. The fourth-order valence-electron chi connectivity index (χ4n) is 1.27. The lowest BCUT2D eigenvalue weighted by Gasteiger charge is -2.16. The second-order valence-electron chi connectivity index (χ2n) is 3.33. The first-order valence-corrected chi connectivity index (χ1v) is 6.67. The maximum atomic E-state index is 10.9. The largest absolute Gasteiger partial charge is 0.420 e. The van der Waals surface area contributed by atoms with Crippen LogP contribution in [0, 0.1) is 10.1 Å². The zero-order chi connectivity index (χ0) is 13.5. The molecule has 1 rings (SSSR count). The number of para-hydroxylation sites is 1. The van der Waals surface area contributed by atoms with E-state index in [1.807, 2.05) is 13.8 Å². The molecule has 0 aliphatic rings. The number of benzene rings is 1. The van der Waals surface area contributed by atoms with E-state index in [0.717, 1.165) is 0 Å². The van der Waals surface area contributed by atoms with E-state index in [1.165, 1.54) is 6.07 Å². The standard InChI is InChI=1S/C10H15BNO5P/c1-3-15-18(16-4-2)17-10-8(11)6-5-7-9(10)12(13)14/h5-7H,3-4,11H2,1-2H3. The quantitative estimate of drug-likeness (QED) is 0.325. The van der Waals surface area contributed by atoms with Gasteiger partial charge in [-0.15, -0.1) is 0 Å². The zero-order valence-electron chi connectivity index (χ0n) is 10.6. The molecule has 0 saturated heterocycles. The lowest BCUT2D eigenvalue weighted by atomic mass is 9.94. The third-order valence-electron chi connectivity index (χ3n) is 2.02. The molecule has 6 nitrogen and oxygen atoms in total. The molecule has 1 aromatic carbocycles. The molecule has 0 N–H and O–H groups in total. The lowest BCUT2D eigenvalue weighted by molar-refractivity contribution is -0.385. The highest BCUT2D eigenvalue weighted by Crippen LogP contribution is 2.42. The second kappa shape index (κ2) is 7.31. The molecule has 0 atom stereocenters. The van der Waals surface area contributed by atoms with Crippen LogP contribution < -0.4 is 9.99 Å². The first-order chi connectivity index (χ1) is 8.60. The minimum Gasteiger partial charge on any atom is -0.420 e. The average molecular weight is 271 g/mol. The number of nitro groups is 1. The Kier molecular flexibility index (Phi) is 6.05. The highest BCUT2D eigenvalue weighted by Gasteiger charge is 2.22. The molecular formula is C10H15BNO5P. The number of nitro benzene ring substituents is 1. The van der Waals surface area contributed by atoms with Crippen LogP contribution in [0.3, 0.4) is 0 Å². The number of nitrogens with zero attached hydrogens (tertiary/aromatic N) is 1. The average Bonchev–Trinajstić information content (AvgIpc) is 2.32. The van der Waals surface area contributed by atoms with Gasteiger partial charge < -0.3 is 13.6 Å². The van der Waals surface area contributed by atoms with Gasteiger partial charge in [-0.05, 0) is 19.3 Å². The molecule has 18 heavy (non-hydrogen) atoms. The highest BCUT2D eigenvalue weighted by atomic mass is 31.2. The van der Waals surface area contributed by atoms with Crippen LogP contribution in [-0.4, -0.2) is 26.0 Å². The van der Waals surface area contributed by atoms with Crippen molar-refractivity contribution in [3.05, 3.63) is 28.3 Å². The summed E-state index contributed by atoms with van der Waals surface area (Å²) in [7, 11) is 0.145. The van der Waals surface area contributed by atoms with Crippen LogP contribution in [-0.2, 0) is 9.05 Å². The Bertz CT molecular complexity index is 411. The summed E-state index contributed by atoms with van der Waals surface area (Å²) in [5, 5.41) is 10.9. The summed E-state index contributed by atoms with van der Waals surface area (Å²) in [6.45, 7) is 4.46. The summed E-state index contributed by atoms with van der Waals surface area (Å²) in [5.41, 5.74) is 0.595. The van der Waals surface area contributed by atoms with Crippen LogP contribution >= 0.6 is 8.60 Å². The third kappa shape index (κ3) is 3.94. The van der Waals surface area contributed by atoms with E-state index in [4.69, 9.17) is 13.6 Å². The van der Waals surface area contributed by atoms with Gasteiger partial charge in [0.2, 0.25) is 0 Å².